The largest absolute Gasteiger partial charge is 0.497 e. The Kier molecular flexibility index (Phi) is 10.3. The molecule has 0 aliphatic carbocycles. The van der Waals surface area contributed by atoms with Crippen molar-refractivity contribution in [2.75, 3.05) is 18.0 Å². The number of aryl methyl sites for hydroxylation is 2. The van der Waals surface area contributed by atoms with Crippen LogP contribution in [-0.2, 0) is 26.2 Å². The molecule has 3 aromatic rings. The van der Waals surface area contributed by atoms with E-state index in [0.717, 1.165) is 27.4 Å². The van der Waals surface area contributed by atoms with Crippen LogP contribution in [0.2, 0.25) is 0 Å². The van der Waals surface area contributed by atoms with E-state index in [1.165, 1.54) is 24.1 Å². The topological polar surface area (TPSA) is 96.0 Å². The van der Waals surface area contributed by atoms with Crippen LogP contribution in [0.1, 0.15) is 43.9 Å². The van der Waals surface area contributed by atoms with Gasteiger partial charge in [0.2, 0.25) is 11.8 Å². The molecule has 0 aliphatic heterocycles. The molecule has 214 valence electrons. The number of methoxy groups -OCH3 is 1. The lowest BCUT2D eigenvalue weighted by Gasteiger charge is -2.32. The minimum absolute atomic E-state index is 0.0225. The van der Waals surface area contributed by atoms with Crippen LogP contribution in [0.3, 0.4) is 0 Å². The van der Waals surface area contributed by atoms with Gasteiger partial charge in [0, 0.05) is 12.6 Å². The van der Waals surface area contributed by atoms with Crippen LogP contribution in [0.15, 0.2) is 77.7 Å². The zero-order chi connectivity index (χ0) is 29.4. The third-order valence-electron chi connectivity index (χ3n) is 6.89. The molecule has 40 heavy (non-hydrogen) atoms. The van der Waals surface area contributed by atoms with Gasteiger partial charge < -0.3 is 15.0 Å². The van der Waals surface area contributed by atoms with Gasteiger partial charge in [-0.15, -0.1) is 0 Å². The van der Waals surface area contributed by atoms with Crippen LogP contribution < -0.4 is 14.4 Å². The summed E-state index contributed by atoms with van der Waals surface area (Å²) in [5.41, 5.74) is 3.21. The molecule has 9 heteroatoms. The molecule has 0 spiro atoms. The lowest BCUT2D eigenvalue weighted by atomic mass is 10.1. The predicted octanol–water partition coefficient (Wildman–Crippen LogP) is 4.84. The number of nitrogens with one attached hydrogen (secondary N) is 1. The van der Waals surface area contributed by atoms with Crippen molar-refractivity contribution in [2.45, 2.75) is 64.6 Å². The average molecular weight is 566 g/mol. The number of anilines is 1. The quantitative estimate of drug-likeness (QED) is 0.339. The van der Waals surface area contributed by atoms with E-state index in [0.29, 0.717) is 11.4 Å². The van der Waals surface area contributed by atoms with Crippen molar-refractivity contribution in [3.63, 3.8) is 0 Å². The summed E-state index contributed by atoms with van der Waals surface area (Å²) in [6.07, 6.45) is 0.742. The molecule has 0 aliphatic rings. The van der Waals surface area contributed by atoms with Crippen molar-refractivity contribution in [1.29, 1.82) is 0 Å². The third-order valence-corrected chi connectivity index (χ3v) is 8.68. The van der Waals surface area contributed by atoms with Gasteiger partial charge in [0.15, 0.2) is 0 Å². The molecule has 2 amide bonds. The molecule has 0 heterocycles. The van der Waals surface area contributed by atoms with Gasteiger partial charge in [-0.25, -0.2) is 8.42 Å². The third kappa shape index (κ3) is 7.63. The number of rotatable bonds is 12. The molecule has 8 nitrogen and oxygen atoms in total. The van der Waals surface area contributed by atoms with Gasteiger partial charge in [0.25, 0.3) is 10.0 Å². The fraction of sp³-hybridized carbons (Fsp3) is 0.355. The molecule has 0 radical (unpaired) electrons. The monoisotopic (exact) mass is 565 g/mol. The summed E-state index contributed by atoms with van der Waals surface area (Å²) in [6.45, 7) is 9.07. The Labute approximate surface area is 238 Å². The first-order valence-corrected chi connectivity index (χ1v) is 14.8. The maximum absolute atomic E-state index is 14.0. The van der Waals surface area contributed by atoms with Crippen molar-refractivity contribution >= 4 is 27.5 Å². The average Bonchev–Trinajstić information content (AvgIpc) is 2.95. The van der Waals surface area contributed by atoms with Crippen LogP contribution in [0.5, 0.6) is 5.75 Å². The van der Waals surface area contributed by atoms with E-state index in [-0.39, 0.29) is 23.4 Å². The highest BCUT2D eigenvalue weighted by atomic mass is 32.2. The Morgan fingerprint density at radius 3 is 1.95 bits per heavy atom. The maximum atomic E-state index is 14.0. The molecule has 0 saturated carbocycles. The van der Waals surface area contributed by atoms with Crippen LogP contribution >= 0.6 is 0 Å². The standard InChI is InChI=1S/C31H39N3O5S/c1-7-24(4)32-31(36)25(5)33(20-26-12-8-22(2)9-13-26)30(35)21-34(27-14-10-23(3)11-15-27)40(37,38)29-18-16-28(39-6)17-19-29/h8-19,24-25H,7,20-21H2,1-6H3,(H,32,36)/t24-,25-/m0/s1. The summed E-state index contributed by atoms with van der Waals surface area (Å²) in [4.78, 5) is 28.6. The van der Waals surface area contributed by atoms with Gasteiger partial charge in [-0.2, -0.15) is 0 Å². The highest BCUT2D eigenvalue weighted by Crippen LogP contribution is 2.26. The summed E-state index contributed by atoms with van der Waals surface area (Å²) in [5, 5.41) is 2.94. The van der Waals surface area contributed by atoms with Crippen LogP contribution in [0.4, 0.5) is 5.69 Å². The first kappa shape index (κ1) is 30.7. The number of benzene rings is 3. The first-order chi connectivity index (χ1) is 19.0. The second kappa shape index (κ2) is 13.5. The Morgan fingerprint density at radius 1 is 0.875 bits per heavy atom. The molecular formula is C31H39N3O5S. The molecule has 0 unspecified atom stereocenters. The highest BCUT2D eigenvalue weighted by Gasteiger charge is 2.32. The molecule has 0 saturated heterocycles. The van der Waals surface area contributed by atoms with Crippen molar-refractivity contribution in [1.82, 2.24) is 10.2 Å². The van der Waals surface area contributed by atoms with Crippen molar-refractivity contribution < 1.29 is 22.7 Å². The minimum atomic E-state index is -4.14. The van der Waals surface area contributed by atoms with Gasteiger partial charge in [0.1, 0.15) is 18.3 Å². The fourth-order valence-electron chi connectivity index (χ4n) is 4.05. The Morgan fingerprint density at radius 2 is 1.43 bits per heavy atom. The Hall–Kier alpha value is -3.85. The van der Waals surface area contributed by atoms with Gasteiger partial charge >= 0.3 is 0 Å². The van der Waals surface area contributed by atoms with E-state index < -0.39 is 28.5 Å². The van der Waals surface area contributed by atoms with E-state index in [1.54, 1.807) is 43.3 Å². The lowest BCUT2D eigenvalue weighted by molar-refractivity contribution is -0.139. The summed E-state index contributed by atoms with van der Waals surface area (Å²) >= 11 is 0. The zero-order valence-corrected chi connectivity index (χ0v) is 24.9. The molecule has 0 aromatic heterocycles. The van der Waals surface area contributed by atoms with Gasteiger partial charge in [-0.1, -0.05) is 54.4 Å². The summed E-state index contributed by atoms with van der Waals surface area (Å²) < 4.78 is 34.1. The molecule has 3 aromatic carbocycles. The van der Waals surface area contributed by atoms with Crippen LogP contribution in [0, 0.1) is 13.8 Å². The summed E-state index contributed by atoms with van der Waals surface area (Å²) in [6, 6.07) is 19.8. The number of carbonyl (C=O) groups is 2. The second-order valence-electron chi connectivity index (χ2n) is 10.0. The van der Waals surface area contributed by atoms with Crippen molar-refractivity contribution in [3.05, 3.63) is 89.5 Å². The van der Waals surface area contributed by atoms with E-state index in [1.807, 2.05) is 52.0 Å². The number of ether oxygens (including phenoxy) is 1. The van der Waals surface area contributed by atoms with Crippen LogP contribution in [-0.4, -0.2) is 50.9 Å². The number of nitrogens with zero attached hydrogens (tertiary/aromatic N) is 2. The van der Waals surface area contributed by atoms with Crippen molar-refractivity contribution in [3.8, 4) is 5.75 Å². The number of hydrogen-bond acceptors (Lipinski definition) is 5. The fourth-order valence-corrected chi connectivity index (χ4v) is 5.47. The SMILES string of the molecule is CC[C@H](C)NC(=O)[C@H](C)N(Cc1ccc(C)cc1)C(=O)CN(c1ccc(C)cc1)S(=O)(=O)c1ccc(OC)cc1. The van der Waals surface area contributed by atoms with Gasteiger partial charge in [-0.3, -0.25) is 13.9 Å². The Balaban J connectivity index is 2.01. The molecule has 0 fully saturated rings. The number of carbonyl (C=O) groups excluding carboxylic acids is 2. The summed E-state index contributed by atoms with van der Waals surface area (Å²) in [5.74, 6) is -0.276. The maximum Gasteiger partial charge on any atom is 0.264 e. The van der Waals surface area contributed by atoms with E-state index in [9.17, 15) is 18.0 Å². The smallest absolute Gasteiger partial charge is 0.264 e. The Bertz CT molecular complexity index is 1390. The number of hydrogen-bond donors (Lipinski definition) is 1. The summed E-state index contributed by atoms with van der Waals surface area (Å²) in [7, 11) is -2.64. The van der Waals surface area contributed by atoms with Gasteiger partial charge in [-0.05, 0) is 76.1 Å². The predicted molar refractivity (Wildman–Crippen MR) is 158 cm³/mol. The van der Waals surface area contributed by atoms with E-state index >= 15 is 0 Å². The minimum Gasteiger partial charge on any atom is -0.497 e. The zero-order valence-electron chi connectivity index (χ0n) is 24.0. The van der Waals surface area contributed by atoms with Crippen molar-refractivity contribution in [2.24, 2.45) is 0 Å². The molecular weight excluding hydrogens is 526 g/mol. The molecule has 1 N–H and O–H groups in total. The lowest BCUT2D eigenvalue weighted by Crippen LogP contribution is -2.52. The normalized spacial score (nSPS) is 12.8. The number of amides is 2. The van der Waals surface area contributed by atoms with Crippen LogP contribution in [0.25, 0.3) is 0 Å². The first-order valence-electron chi connectivity index (χ1n) is 13.3. The van der Waals surface area contributed by atoms with Gasteiger partial charge in [0.05, 0.1) is 17.7 Å². The van der Waals surface area contributed by atoms with E-state index in [4.69, 9.17) is 4.74 Å². The molecule has 2 atom stereocenters. The second-order valence-corrected chi connectivity index (χ2v) is 11.9. The molecule has 0 bridgehead atoms. The van der Waals surface area contributed by atoms with E-state index in [2.05, 4.69) is 5.32 Å². The number of sulfonamides is 1. The highest BCUT2D eigenvalue weighted by molar-refractivity contribution is 7.92. The molecule has 3 rings (SSSR count).